The average molecular weight is 522 g/mol. The van der Waals surface area contributed by atoms with E-state index in [9.17, 15) is 5.11 Å². The Morgan fingerprint density at radius 3 is 2.77 bits per heavy atom. The number of aryl methyl sites for hydroxylation is 2. The predicted octanol–water partition coefficient (Wildman–Crippen LogP) is 4.27. The number of rotatable bonds is 10. The summed E-state index contributed by atoms with van der Waals surface area (Å²) < 4.78 is 16.9. The highest BCUT2D eigenvalue weighted by Gasteiger charge is 2.24. The van der Waals surface area contributed by atoms with Crippen molar-refractivity contribution in [3.8, 4) is 28.4 Å². The second kappa shape index (κ2) is 11.5. The van der Waals surface area contributed by atoms with Crippen molar-refractivity contribution in [2.24, 2.45) is 0 Å². The molecule has 2 atom stereocenters. The molecule has 188 valence electrons. The van der Waals surface area contributed by atoms with E-state index < -0.39 is 6.10 Å². The summed E-state index contributed by atoms with van der Waals surface area (Å²) in [4.78, 5) is 9.46. The lowest BCUT2D eigenvalue weighted by Gasteiger charge is -2.16. The van der Waals surface area contributed by atoms with Gasteiger partial charge in [-0.05, 0) is 51.9 Å². The van der Waals surface area contributed by atoms with Crippen molar-refractivity contribution in [1.29, 1.82) is 0 Å². The summed E-state index contributed by atoms with van der Waals surface area (Å²) in [6, 6.07) is 5.20. The summed E-state index contributed by atoms with van der Waals surface area (Å²) in [5.41, 5.74) is 2.44. The highest BCUT2D eigenvalue weighted by Crippen LogP contribution is 2.38. The first-order valence-corrected chi connectivity index (χ1v) is 12.2. The Morgan fingerprint density at radius 2 is 2.09 bits per heavy atom. The van der Waals surface area contributed by atoms with Gasteiger partial charge in [-0.2, -0.15) is 0 Å². The van der Waals surface area contributed by atoms with Gasteiger partial charge in [0.25, 0.3) is 0 Å². The van der Waals surface area contributed by atoms with Gasteiger partial charge in [-0.1, -0.05) is 28.4 Å². The van der Waals surface area contributed by atoms with Crippen LogP contribution >= 0.6 is 23.2 Å². The third-order valence-electron chi connectivity index (χ3n) is 5.70. The van der Waals surface area contributed by atoms with Crippen LogP contribution in [0, 0.1) is 13.8 Å². The monoisotopic (exact) mass is 521 g/mol. The molecule has 1 aliphatic heterocycles. The predicted molar refractivity (Wildman–Crippen MR) is 135 cm³/mol. The van der Waals surface area contributed by atoms with E-state index in [4.69, 9.17) is 47.2 Å². The molecule has 0 saturated carbocycles. The summed E-state index contributed by atoms with van der Waals surface area (Å²) in [6.45, 7) is 5.51. The molecular formula is C24H29Cl2N5O4. The van der Waals surface area contributed by atoms with Crippen molar-refractivity contribution in [1.82, 2.24) is 20.4 Å². The van der Waals surface area contributed by atoms with Crippen LogP contribution < -0.4 is 15.4 Å². The third-order valence-corrected chi connectivity index (χ3v) is 6.39. The first-order valence-electron chi connectivity index (χ1n) is 11.5. The molecule has 3 N–H and O–H groups in total. The van der Waals surface area contributed by atoms with E-state index in [1.54, 1.807) is 25.2 Å². The van der Waals surface area contributed by atoms with Crippen LogP contribution in [0.5, 0.6) is 5.75 Å². The van der Waals surface area contributed by atoms with Gasteiger partial charge in [-0.25, -0.2) is 9.97 Å². The van der Waals surface area contributed by atoms with E-state index in [-0.39, 0.29) is 12.7 Å². The van der Waals surface area contributed by atoms with Crippen LogP contribution in [0.1, 0.15) is 24.3 Å². The minimum absolute atomic E-state index is 0.0938. The number of anilines is 1. The zero-order valence-corrected chi connectivity index (χ0v) is 21.4. The molecule has 1 fully saturated rings. The van der Waals surface area contributed by atoms with Crippen molar-refractivity contribution >= 4 is 29.0 Å². The number of hydrogen-bond acceptors (Lipinski definition) is 9. The molecule has 1 aromatic carbocycles. The summed E-state index contributed by atoms with van der Waals surface area (Å²) >= 11 is 13.3. The third kappa shape index (κ3) is 6.05. The van der Waals surface area contributed by atoms with Crippen molar-refractivity contribution in [2.45, 2.75) is 38.9 Å². The molecule has 0 spiro atoms. The van der Waals surface area contributed by atoms with Crippen LogP contribution in [0.2, 0.25) is 10.0 Å². The number of likely N-dealkylation sites (N-methyl/N-ethyl adjacent to an activating group) is 1. The molecule has 0 bridgehead atoms. The van der Waals surface area contributed by atoms with Gasteiger partial charge in [0.05, 0.1) is 22.4 Å². The second-order valence-corrected chi connectivity index (χ2v) is 9.22. The fourth-order valence-electron chi connectivity index (χ4n) is 3.94. The van der Waals surface area contributed by atoms with Gasteiger partial charge in [0.2, 0.25) is 0 Å². The first-order chi connectivity index (χ1) is 16.9. The molecule has 0 amide bonds. The van der Waals surface area contributed by atoms with E-state index in [1.807, 2.05) is 13.8 Å². The largest absolute Gasteiger partial charge is 0.491 e. The first kappa shape index (κ1) is 25.7. The van der Waals surface area contributed by atoms with E-state index in [0.29, 0.717) is 68.8 Å². The summed E-state index contributed by atoms with van der Waals surface area (Å²) in [5.74, 6) is 1.96. The summed E-state index contributed by atoms with van der Waals surface area (Å²) in [7, 11) is 1.77. The number of aliphatic hydroxyl groups is 1. The number of nitrogens with one attached hydrogen (secondary N) is 2. The lowest BCUT2D eigenvalue weighted by Crippen LogP contribution is -2.29. The Bertz CT molecular complexity index is 1150. The maximum atomic E-state index is 9.98. The van der Waals surface area contributed by atoms with Gasteiger partial charge in [0, 0.05) is 25.3 Å². The second-order valence-electron chi connectivity index (χ2n) is 8.44. The molecule has 9 nitrogen and oxygen atoms in total. The maximum absolute atomic E-state index is 9.98. The summed E-state index contributed by atoms with van der Waals surface area (Å²) in [5, 5.41) is 21.1. The standard InChI is InChI=1S/C24H29Cl2N5O4/c1-13-20(14(2)35-31-13)22-21(26)24(28-11-17-5-4-8-33-17)30-23(29-22)18-9-16(6-7-19(18)25)34-12-15(32)10-27-3/h6-7,9,15,17,27,32H,4-5,8,10-12H2,1-3H3,(H,28,29,30)/t15-,17-/m1/s1. The van der Waals surface area contributed by atoms with Crippen molar-refractivity contribution in [3.05, 3.63) is 39.7 Å². The number of aromatic nitrogens is 3. The molecule has 3 heterocycles. The molecule has 0 unspecified atom stereocenters. The zero-order chi connectivity index (χ0) is 24.9. The number of halogens is 2. The highest BCUT2D eigenvalue weighted by molar-refractivity contribution is 6.35. The quantitative estimate of drug-likeness (QED) is 0.359. The molecule has 3 aromatic rings. The van der Waals surface area contributed by atoms with Crippen LogP contribution in [0.25, 0.3) is 22.6 Å². The smallest absolute Gasteiger partial charge is 0.163 e. The molecule has 0 radical (unpaired) electrons. The summed E-state index contributed by atoms with van der Waals surface area (Å²) in [6.07, 6.45) is 1.45. The SMILES string of the molecule is CNC[C@@H](O)COc1ccc(Cl)c(-c2nc(NC[C@H]3CCCO3)c(Cl)c(-c3c(C)noc3C)n2)c1. The molecule has 0 aliphatic carbocycles. The van der Waals surface area contributed by atoms with E-state index in [2.05, 4.69) is 15.8 Å². The van der Waals surface area contributed by atoms with Gasteiger partial charge in [-0.15, -0.1) is 0 Å². The van der Waals surface area contributed by atoms with Crippen LogP contribution in [-0.4, -0.2) is 65.8 Å². The van der Waals surface area contributed by atoms with Gasteiger partial charge >= 0.3 is 0 Å². The van der Waals surface area contributed by atoms with E-state index >= 15 is 0 Å². The van der Waals surface area contributed by atoms with Crippen LogP contribution in [-0.2, 0) is 4.74 Å². The van der Waals surface area contributed by atoms with Crippen molar-refractivity contribution < 1.29 is 19.1 Å². The Kier molecular flexibility index (Phi) is 8.46. The molecule has 35 heavy (non-hydrogen) atoms. The van der Waals surface area contributed by atoms with Gasteiger partial charge in [-0.3, -0.25) is 0 Å². The minimum Gasteiger partial charge on any atom is -0.491 e. The van der Waals surface area contributed by atoms with Crippen LogP contribution in [0.4, 0.5) is 5.82 Å². The van der Waals surface area contributed by atoms with E-state index in [1.165, 1.54) is 0 Å². The van der Waals surface area contributed by atoms with E-state index in [0.717, 1.165) is 19.4 Å². The molecular weight excluding hydrogens is 493 g/mol. The average Bonchev–Trinajstić information content (AvgIpc) is 3.48. The molecule has 1 aliphatic rings. The van der Waals surface area contributed by atoms with Crippen molar-refractivity contribution in [2.75, 3.05) is 38.7 Å². The van der Waals surface area contributed by atoms with Crippen LogP contribution in [0.15, 0.2) is 22.7 Å². The lowest BCUT2D eigenvalue weighted by atomic mass is 10.1. The Balaban J connectivity index is 1.72. The number of aliphatic hydroxyl groups excluding tert-OH is 1. The Hall–Kier alpha value is -2.43. The van der Waals surface area contributed by atoms with Gasteiger partial charge in [0.1, 0.15) is 40.8 Å². The van der Waals surface area contributed by atoms with Gasteiger partial charge in [0.15, 0.2) is 5.82 Å². The number of benzene rings is 1. The zero-order valence-electron chi connectivity index (χ0n) is 19.9. The number of nitrogens with zero attached hydrogens (tertiary/aromatic N) is 3. The van der Waals surface area contributed by atoms with Crippen LogP contribution in [0.3, 0.4) is 0 Å². The number of hydrogen-bond donors (Lipinski definition) is 3. The lowest BCUT2D eigenvalue weighted by molar-refractivity contribution is 0.108. The fourth-order valence-corrected chi connectivity index (χ4v) is 4.39. The number of ether oxygens (including phenoxy) is 2. The topological polar surface area (TPSA) is 115 Å². The van der Waals surface area contributed by atoms with Gasteiger partial charge < -0.3 is 29.7 Å². The Labute approximate surface area is 214 Å². The molecule has 11 heteroatoms. The normalized spacial score (nSPS) is 16.5. The molecule has 1 saturated heterocycles. The fraction of sp³-hybridized carbons (Fsp3) is 0.458. The molecule has 2 aromatic heterocycles. The van der Waals surface area contributed by atoms with Crippen molar-refractivity contribution in [3.63, 3.8) is 0 Å². The Morgan fingerprint density at radius 1 is 1.26 bits per heavy atom. The highest BCUT2D eigenvalue weighted by atomic mass is 35.5. The molecule has 4 rings (SSSR count). The maximum Gasteiger partial charge on any atom is 0.163 e. The minimum atomic E-state index is -0.648.